The van der Waals surface area contributed by atoms with Crippen molar-refractivity contribution < 1.29 is 23.0 Å². The van der Waals surface area contributed by atoms with E-state index in [0.717, 1.165) is 0 Å². The van der Waals surface area contributed by atoms with Gasteiger partial charge in [0.1, 0.15) is 6.16 Å². The van der Waals surface area contributed by atoms with E-state index in [1.54, 1.807) is 0 Å². The van der Waals surface area contributed by atoms with E-state index in [1.807, 2.05) is 26.0 Å². The van der Waals surface area contributed by atoms with Gasteiger partial charge >= 0.3 is 13.6 Å². The van der Waals surface area contributed by atoms with E-state index in [9.17, 15) is 9.36 Å². The van der Waals surface area contributed by atoms with Gasteiger partial charge in [0, 0.05) is 0 Å². The predicted molar refractivity (Wildman–Crippen MR) is 51.5 cm³/mol. The molecule has 0 unspecified atom stereocenters. The molecule has 0 heterocycles. The Hall–Kier alpha value is 0.0600. The number of carbonyl (C=O) groups excluding carboxylic acids is 1. The first-order chi connectivity index (χ1) is 5.69. The SMILES string of the molecule is CN(C)C.O=C(CP(=O)(O)O)OBr. The van der Waals surface area contributed by atoms with Gasteiger partial charge in [-0.15, -0.1) is 0 Å². The standard InChI is InChI=1S/C3H9N.C2H4BrO5P/c1-4(2)3;3-8-2(4)1-9(5,6)7/h1-3H3;1H2,(H2,5,6,7). The van der Waals surface area contributed by atoms with Crippen LogP contribution in [-0.2, 0) is 13.2 Å². The number of rotatable bonds is 2. The van der Waals surface area contributed by atoms with Gasteiger partial charge in [0.05, 0.1) is 0 Å². The molecule has 0 atom stereocenters. The molecule has 0 bridgehead atoms. The van der Waals surface area contributed by atoms with Crippen LogP contribution in [0.2, 0.25) is 0 Å². The molecule has 0 saturated heterocycles. The Balaban J connectivity index is 0. The first kappa shape index (κ1) is 15.5. The van der Waals surface area contributed by atoms with Gasteiger partial charge in [-0.3, -0.25) is 9.36 Å². The summed E-state index contributed by atoms with van der Waals surface area (Å²) in [6, 6.07) is 0. The molecule has 0 fully saturated rings. The van der Waals surface area contributed by atoms with Crippen LogP contribution < -0.4 is 0 Å². The van der Waals surface area contributed by atoms with Gasteiger partial charge in [-0.25, -0.2) is 0 Å². The van der Waals surface area contributed by atoms with Crippen molar-refractivity contribution in [2.45, 2.75) is 0 Å². The van der Waals surface area contributed by atoms with Crippen LogP contribution in [0.25, 0.3) is 0 Å². The lowest BCUT2D eigenvalue weighted by Crippen LogP contribution is -2.03. The normalized spacial score (nSPS) is 10.4. The second-order valence-corrected chi connectivity index (χ2v) is 4.58. The lowest BCUT2D eigenvalue weighted by atomic mass is 10.8. The monoisotopic (exact) mass is 277 g/mol. The van der Waals surface area contributed by atoms with Crippen LogP contribution in [0.3, 0.4) is 0 Å². The molecule has 0 aromatic heterocycles. The van der Waals surface area contributed by atoms with Crippen LogP contribution in [0.1, 0.15) is 0 Å². The van der Waals surface area contributed by atoms with Crippen LogP contribution >= 0.6 is 23.9 Å². The highest BCUT2D eigenvalue weighted by atomic mass is 79.9. The van der Waals surface area contributed by atoms with Crippen LogP contribution in [0.4, 0.5) is 0 Å². The summed E-state index contributed by atoms with van der Waals surface area (Å²) in [5.74, 6) is -0.983. The Morgan fingerprint density at radius 1 is 1.46 bits per heavy atom. The maximum absolute atomic E-state index is 10.1. The number of hydrogen-bond donors (Lipinski definition) is 2. The molecular formula is C5H13BrNO5P. The fraction of sp³-hybridized carbons (Fsp3) is 0.800. The highest BCUT2D eigenvalue weighted by Gasteiger charge is 2.19. The lowest BCUT2D eigenvalue weighted by molar-refractivity contribution is -0.129. The molecule has 0 aliphatic carbocycles. The van der Waals surface area contributed by atoms with Gasteiger partial charge in [0.15, 0.2) is 16.3 Å². The highest BCUT2D eigenvalue weighted by molar-refractivity contribution is 9.06. The molecule has 6 nitrogen and oxygen atoms in total. The maximum atomic E-state index is 10.1. The van der Waals surface area contributed by atoms with Crippen LogP contribution in [0.15, 0.2) is 0 Å². The highest BCUT2D eigenvalue weighted by Crippen LogP contribution is 2.33. The smallest absolute Gasteiger partial charge is 0.336 e. The molecular weight excluding hydrogens is 265 g/mol. The minimum Gasteiger partial charge on any atom is -0.383 e. The molecule has 2 N–H and O–H groups in total. The summed E-state index contributed by atoms with van der Waals surface area (Å²) in [5.41, 5.74) is 0. The summed E-state index contributed by atoms with van der Waals surface area (Å²) >= 11 is 2.27. The van der Waals surface area contributed by atoms with Crippen molar-refractivity contribution in [2.75, 3.05) is 27.3 Å². The van der Waals surface area contributed by atoms with Gasteiger partial charge in [-0.2, -0.15) is 0 Å². The molecule has 0 spiro atoms. The second-order valence-electron chi connectivity index (χ2n) is 2.61. The molecule has 0 aliphatic heterocycles. The van der Waals surface area contributed by atoms with Crippen molar-refractivity contribution in [3.8, 4) is 0 Å². The summed E-state index contributed by atoms with van der Waals surface area (Å²) in [4.78, 5) is 28.3. The molecule has 0 rings (SSSR count). The summed E-state index contributed by atoms with van der Waals surface area (Å²) in [6.45, 7) is 0. The Labute approximate surface area is 85.5 Å². The fourth-order valence-corrected chi connectivity index (χ4v) is 0.885. The molecule has 0 saturated carbocycles. The van der Waals surface area contributed by atoms with E-state index < -0.39 is 19.7 Å². The first-order valence-corrected chi connectivity index (χ1v) is 5.60. The molecule has 80 valence electrons. The number of nitrogens with zero attached hydrogens (tertiary/aromatic N) is 1. The molecule has 0 aliphatic rings. The number of hydrogen-bond acceptors (Lipinski definition) is 4. The zero-order valence-electron chi connectivity index (χ0n) is 7.60. The third kappa shape index (κ3) is 24.5. The van der Waals surface area contributed by atoms with Crippen LogP contribution in [0.5, 0.6) is 0 Å². The van der Waals surface area contributed by atoms with Crippen molar-refractivity contribution in [1.82, 2.24) is 4.90 Å². The van der Waals surface area contributed by atoms with Crippen molar-refractivity contribution in [3.05, 3.63) is 0 Å². The van der Waals surface area contributed by atoms with E-state index >= 15 is 0 Å². The topological polar surface area (TPSA) is 87.1 Å². The van der Waals surface area contributed by atoms with Crippen molar-refractivity contribution in [1.29, 1.82) is 0 Å². The summed E-state index contributed by atoms with van der Waals surface area (Å²) in [5, 5.41) is 0. The Kier molecular flexibility index (Phi) is 8.91. The van der Waals surface area contributed by atoms with E-state index in [1.165, 1.54) is 0 Å². The van der Waals surface area contributed by atoms with Crippen LogP contribution in [-0.4, -0.2) is 48.0 Å². The number of carbonyl (C=O) groups is 1. The maximum Gasteiger partial charge on any atom is 0.336 e. The first-order valence-electron chi connectivity index (χ1n) is 3.16. The Bertz CT molecular complexity index is 189. The van der Waals surface area contributed by atoms with Gasteiger partial charge < -0.3 is 18.5 Å². The van der Waals surface area contributed by atoms with Gasteiger partial charge in [-0.1, -0.05) is 0 Å². The Morgan fingerprint density at radius 3 is 1.85 bits per heavy atom. The minimum absolute atomic E-state index is 0.891. The summed E-state index contributed by atoms with van der Waals surface area (Å²) in [6.07, 6.45) is -0.891. The van der Waals surface area contributed by atoms with E-state index in [-0.39, 0.29) is 0 Å². The van der Waals surface area contributed by atoms with E-state index in [2.05, 4.69) is 20.1 Å². The van der Waals surface area contributed by atoms with Gasteiger partial charge in [0.25, 0.3) is 0 Å². The number of halogens is 1. The summed E-state index contributed by atoms with van der Waals surface area (Å²) < 4.78 is 13.8. The largest absolute Gasteiger partial charge is 0.383 e. The zero-order chi connectivity index (χ0) is 11.1. The molecule has 13 heavy (non-hydrogen) atoms. The lowest BCUT2D eigenvalue weighted by Gasteiger charge is -1.97. The second kappa shape index (κ2) is 7.46. The third-order valence-electron chi connectivity index (χ3n) is 0.421. The van der Waals surface area contributed by atoms with Gasteiger partial charge in [-0.05, 0) is 21.1 Å². The average Bonchev–Trinajstić information content (AvgIpc) is 1.82. The molecule has 8 heteroatoms. The molecule has 0 aromatic rings. The minimum atomic E-state index is -4.24. The van der Waals surface area contributed by atoms with Crippen molar-refractivity contribution >= 4 is 29.8 Å². The van der Waals surface area contributed by atoms with Crippen molar-refractivity contribution in [3.63, 3.8) is 0 Å². The molecule has 0 aromatic carbocycles. The quantitative estimate of drug-likeness (QED) is 0.701. The predicted octanol–water partition coefficient (Wildman–Crippen LogP) is 0.195. The third-order valence-corrected chi connectivity index (χ3v) is 1.45. The van der Waals surface area contributed by atoms with E-state index in [4.69, 9.17) is 9.79 Å². The van der Waals surface area contributed by atoms with Gasteiger partial charge in [0.2, 0.25) is 0 Å². The fourth-order valence-electron chi connectivity index (χ4n) is 0.193. The summed E-state index contributed by atoms with van der Waals surface area (Å²) in [7, 11) is 1.76. The zero-order valence-corrected chi connectivity index (χ0v) is 10.1. The molecule has 0 radical (unpaired) electrons. The van der Waals surface area contributed by atoms with Crippen LogP contribution in [0, 0.1) is 0 Å². The average molecular weight is 278 g/mol. The molecule has 0 amide bonds. The Morgan fingerprint density at radius 2 is 1.77 bits per heavy atom. The van der Waals surface area contributed by atoms with E-state index in [0.29, 0.717) is 0 Å². The van der Waals surface area contributed by atoms with Crippen molar-refractivity contribution in [2.24, 2.45) is 0 Å².